The summed E-state index contributed by atoms with van der Waals surface area (Å²) in [4.78, 5) is 2.46. The second-order valence-corrected chi connectivity index (χ2v) is 16.2. The van der Waals surface area contributed by atoms with Gasteiger partial charge in [0.05, 0.1) is 11.0 Å². The number of anilines is 3. The maximum atomic E-state index is 2.46. The lowest BCUT2D eigenvalue weighted by atomic mass is 9.81. The molecule has 0 fully saturated rings. The van der Waals surface area contributed by atoms with Gasteiger partial charge in [-0.05, 0) is 122 Å². The fourth-order valence-corrected chi connectivity index (χ4v) is 9.49. The standard InChI is InChI=1S/C57H42N2/c1-57(2)52-36-43(40-19-9-4-10-20-40)29-32-49(52)50-33-30-47(38-53(50)57)58(45-26-15-23-42(35-45)39-17-7-3-8-18-39)46-31-34-54-51(37-46)56-48(41-21-11-5-12-22-41)27-16-28-55(56)59(54)44-24-13-6-14-25-44/h3-38H,1-2H3. The molecular formula is C57H42N2. The van der Waals surface area contributed by atoms with Crippen LogP contribution in [0.25, 0.3) is 72.0 Å². The van der Waals surface area contributed by atoms with Crippen molar-refractivity contribution in [2.45, 2.75) is 19.3 Å². The molecule has 2 nitrogen and oxygen atoms in total. The third kappa shape index (κ3) is 5.79. The van der Waals surface area contributed by atoms with Gasteiger partial charge in [-0.25, -0.2) is 0 Å². The normalized spacial score (nSPS) is 12.7. The summed E-state index contributed by atoms with van der Waals surface area (Å²) < 4.78 is 2.42. The van der Waals surface area contributed by atoms with Gasteiger partial charge in [0.15, 0.2) is 0 Å². The first-order chi connectivity index (χ1) is 29.0. The van der Waals surface area contributed by atoms with Crippen molar-refractivity contribution in [2.75, 3.05) is 4.90 Å². The van der Waals surface area contributed by atoms with Crippen molar-refractivity contribution in [3.63, 3.8) is 0 Å². The molecule has 0 radical (unpaired) electrons. The molecule has 1 aliphatic rings. The van der Waals surface area contributed by atoms with E-state index in [1.165, 1.54) is 77.4 Å². The summed E-state index contributed by atoms with van der Waals surface area (Å²) in [6, 6.07) is 79.8. The second kappa shape index (κ2) is 13.9. The van der Waals surface area contributed by atoms with E-state index >= 15 is 0 Å². The molecule has 1 heterocycles. The van der Waals surface area contributed by atoms with Crippen LogP contribution in [0.3, 0.4) is 0 Å². The Kier molecular flexibility index (Phi) is 8.20. The Hall–Kier alpha value is -7.42. The minimum Gasteiger partial charge on any atom is -0.310 e. The molecule has 11 rings (SSSR count). The number of nitrogens with zero attached hydrogens (tertiary/aromatic N) is 2. The van der Waals surface area contributed by atoms with Crippen LogP contribution in [0.1, 0.15) is 25.0 Å². The van der Waals surface area contributed by atoms with Gasteiger partial charge in [-0.3, -0.25) is 0 Å². The molecule has 1 aromatic heterocycles. The molecule has 0 spiro atoms. The molecule has 1 aliphatic carbocycles. The summed E-state index contributed by atoms with van der Waals surface area (Å²) in [5.41, 5.74) is 19.3. The minimum atomic E-state index is -0.194. The van der Waals surface area contributed by atoms with Crippen LogP contribution in [-0.2, 0) is 5.41 Å². The topological polar surface area (TPSA) is 8.17 Å². The number of aromatic nitrogens is 1. The van der Waals surface area contributed by atoms with E-state index in [0.717, 1.165) is 22.7 Å². The van der Waals surface area contributed by atoms with E-state index in [9.17, 15) is 0 Å². The van der Waals surface area contributed by atoms with E-state index in [2.05, 4.69) is 242 Å². The fraction of sp³-hybridized carbons (Fsp3) is 0.0526. The van der Waals surface area contributed by atoms with Crippen molar-refractivity contribution in [1.82, 2.24) is 4.57 Å². The largest absolute Gasteiger partial charge is 0.310 e. The summed E-state index contributed by atoms with van der Waals surface area (Å²) >= 11 is 0. The minimum absolute atomic E-state index is 0.194. The zero-order valence-electron chi connectivity index (χ0n) is 33.2. The first-order valence-corrected chi connectivity index (χ1v) is 20.5. The zero-order chi connectivity index (χ0) is 39.5. The third-order valence-corrected chi connectivity index (χ3v) is 12.4. The molecule has 0 N–H and O–H groups in total. The van der Waals surface area contributed by atoms with Crippen LogP contribution in [0, 0.1) is 0 Å². The Morgan fingerprint density at radius 2 is 0.881 bits per heavy atom. The Balaban J connectivity index is 1.13. The van der Waals surface area contributed by atoms with Gasteiger partial charge in [-0.2, -0.15) is 0 Å². The first-order valence-electron chi connectivity index (χ1n) is 20.5. The quantitative estimate of drug-likeness (QED) is 0.157. The van der Waals surface area contributed by atoms with E-state index in [1.807, 2.05) is 0 Å². The molecular weight excluding hydrogens is 713 g/mol. The molecule has 2 heteroatoms. The fourth-order valence-electron chi connectivity index (χ4n) is 9.49. The predicted octanol–water partition coefficient (Wildman–Crippen LogP) is 15.6. The number of hydrogen-bond acceptors (Lipinski definition) is 1. The molecule has 0 bridgehead atoms. The van der Waals surface area contributed by atoms with E-state index in [1.54, 1.807) is 0 Å². The average Bonchev–Trinajstić information content (AvgIpc) is 3.75. The lowest BCUT2D eigenvalue weighted by Gasteiger charge is -2.28. The van der Waals surface area contributed by atoms with Gasteiger partial charge in [-0.15, -0.1) is 0 Å². The predicted molar refractivity (Wildman–Crippen MR) is 249 cm³/mol. The van der Waals surface area contributed by atoms with E-state index in [-0.39, 0.29) is 5.41 Å². The van der Waals surface area contributed by atoms with Gasteiger partial charge in [0.25, 0.3) is 0 Å². The van der Waals surface area contributed by atoms with Gasteiger partial charge in [0.1, 0.15) is 0 Å². The van der Waals surface area contributed by atoms with E-state index in [0.29, 0.717) is 0 Å². The molecule has 0 amide bonds. The second-order valence-electron chi connectivity index (χ2n) is 16.2. The number of benzene rings is 9. The Labute approximate surface area is 345 Å². The average molecular weight is 755 g/mol. The number of rotatable bonds is 7. The number of fused-ring (bicyclic) bond motifs is 6. The summed E-state index contributed by atoms with van der Waals surface area (Å²) in [6.07, 6.45) is 0. The Morgan fingerprint density at radius 1 is 0.356 bits per heavy atom. The molecule has 0 saturated heterocycles. The van der Waals surface area contributed by atoms with Gasteiger partial charge in [0.2, 0.25) is 0 Å². The highest BCUT2D eigenvalue weighted by molar-refractivity contribution is 6.16. The summed E-state index contributed by atoms with van der Waals surface area (Å²) in [7, 11) is 0. The smallest absolute Gasteiger partial charge is 0.0547 e. The van der Waals surface area contributed by atoms with Gasteiger partial charge in [-0.1, -0.05) is 166 Å². The van der Waals surface area contributed by atoms with Crippen LogP contribution in [0.4, 0.5) is 17.1 Å². The van der Waals surface area contributed by atoms with Crippen molar-refractivity contribution in [3.05, 3.63) is 230 Å². The van der Waals surface area contributed by atoms with Crippen LogP contribution in [0.5, 0.6) is 0 Å². The monoisotopic (exact) mass is 754 g/mol. The lowest BCUT2D eigenvalue weighted by Crippen LogP contribution is -2.16. The number of para-hydroxylation sites is 1. The maximum absolute atomic E-state index is 2.46. The van der Waals surface area contributed by atoms with E-state index in [4.69, 9.17) is 0 Å². The summed E-state index contributed by atoms with van der Waals surface area (Å²) in [5, 5.41) is 2.46. The van der Waals surface area contributed by atoms with Crippen LogP contribution < -0.4 is 4.90 Å². The maximum Gasteiger partial charge on any atom is 0.0547 e. The molecule has 280 valence electrons. The van der Waals surface area contributed by atoms with Gasteiger partial charge < -0.3 is 9.47 Å². The van der Waals surface area contributed by atoms with Gasteiger partial charge in [0, 0.05) is 38.9 Å². The molecule has 0 saturated carbocycles. The SMILES string of the molecule is CC1(C)c2cc(-c3ccccc3)ccc2-c2ccc(N(c3cccc(-c4ccccc4)c3)c3ccc4c(c3)c3c(-c5ccccc5)cccc3n4-c3ccccc3)cc21. The Morgan fingerprint density at radius 3 is 1.58 bits per heavy atom. The Bertz CT molecular complexity index is 3160. The highest BCUT2D eigenvalue weighted by Crippen LogP contribution is 2.52. The lowest BCUT2D eigenvalue weighted by molar-refractivity contribution is 0.660. The highest BCUT2D eigenvalue weighted by atomic mass is 15.1. The first kappa shape index (κ1) is 34.8. The van der Waals surface area contributed by atoms with Crippen LogP contribution >= 0.6 is 0 Å². The molecule has 0 atom stereocenters. The van der Waals surface area contributed by atoms with E-state index < -0.39 is 0 Å². The van der Waals surface area contributed by atoms with Crippen molar-refractivity contribution >= 4 is 38.9 Å². The molecule has 0 aliphatic heterocycles. The van der Waals surface area contributed by atoms with Crippen LogP contribution in [0.15, 0.2) is 218 Å². The highest BCUT2D eigenvalue weighted by Gasteiger charge is 2.36. The molecule has 9 aromatic carbocycles. The van der Waals surface area contributed by atoms with Crippen LogP contribution in [-0.4, -0.2) is 4.57 Å². The van der Waals surface area contributed by atoms with Crippen molar-refractivity contribution in [2.24, 2.45) is 0 Å². The van der Waals surface area contributed by atoms with Crippen molar-refractivity contribution in [1.29, 1.82) is 0 Å². The molecule has 0 unspecified atom stereocenters. The third-order valence-electron chi connectivity index (χ3n) is 12.4. The van der Waals surface area contributed by atoms with Crippen LogP contribution in [0.2, 0.25) is 0 Å². The van der Waals surface area contributed by atoms with Crippen molar-refractivity contribution < 1.29 is 0 Å². The molecule has 10 aromatic rings. The van der Waals surface area contributed by atoms with Crippen molar-refractivity contribution in [3.8, 4) is 50.2 Å². The summed E-state index contributed by atoms with van der Waals surface area (Å²) in [6.45, 7) is 4.76. The summed E-state index contributed by atoms with van der Waals surface area (Å²) in [5.74, 6) is 0. The molecule has 59 heavy (non-hydrogen) atoms. The zero-order valence-corrected chi connectivity index (χ0v) is 33.2. The van der Waals surface area contributed by atoms with Gasteiger partial charge >= 0.3 is 0 Å². The number of hydrogen-bond donors (Lipinski definition) is 0.